The van der Waals surface area contributed by atoms with E-state index in [1.165, 1.54) is 38.2 Å². The molecule has 0 saturated heterocycles. The van der Waals surface area contributed by atoms with Gasteiger partial charge in [-0.3, -0.25) is 9.59 Å². The molecule has 5 nitrogen and oxygen atoms in total. The van der Waals surface area contributed by atoms with Crippen molar-refractivity contribution in [3.05, 3.63) is 35.9 Å². The largest absolute Gasteiger partial charge is 0.374 e. The summed E-state index contributed by atoms with van der Waals surface area (Å²) in [4.78, 5) is 23.1. The van der Waals surface area contributed by atoms with Gasteiger partial charge in [0.1, 0.15) is 6.04 Å². The van der Waals surface area contributed by atoms with E-state index in [9.17, 15) is 9.59 Å². The van der Waals surface area contributed by atoms with Crippen LogP contribution >= 0.6 is 0 Å². The van der Waals surface area contributed by atoms with Crippen molar-refractivity contribution < 1.29 is 9.59 Å². The fourth-order valence-electron chi connectivity index (χ4n) is 2.80. The highest BCUT2D eigenvalue weighted by Gasteiger charge is 2.12. The first kappa shape index (κ1) is 18.0. The van der Waals surface area contributed by atoms with Gasteiger partial charge in [-0.2, -0.15) is 0 Å². The molecule has 1 aromatic rings. The lowest BCUT2D eigenvalue weighted by Crippen LogP contribution is -2.38. The Kier molecular flexibility index (Phi) is 6.85. The fraction of sp³-hybridized carbons (Fsp3) is 0.474. The number of hydrogen-bond donors (Lipinski definition) is 3. The number of rotatable bonds is 7. The van der Waals surface area contributed by atoms with Crippen LogP contribution in [0.3, 0.4) is 0 Å². The van der Waals surface area contributed by atoms with Gasteiger partial charge in [-0.1, -0.05) is 11.6 Å². The van der Waals surface area contributed by atoms with E-state index in [4.69, 9.17) is 0 Å². The molecule has 0 heterocycles. The molecule has 130 valence electrons. The van der Waals surface area contributed by atoms with Crippen molar-refractivity contribution in [2.75, 3.05) is 17.2 Å². The number of nitrogens with one attached hydrogen (secondary N) is 3. The molecule has 0 unspecified atom stereocenters. The summed E-state index contributed by atoms with van der Waals surface area (Å²) in [6.07, 6.45) is 8.17. The van der Waals surface area contributed by atoms with Gasteiger partial charge in [0.15, 0.2) is 0 Å². The third-order valence-electron chi connectivity index (χ3n) is 4.11. The topological polar surface area (TPSA) is 70.2 Å². The third-order valence-corrected chi connectivity index (χ3v) is 4.11. The molecule has 2 rings (SSSR count). The number of hydrogen-bond acceptors (Lipinski definition) is 3. The second-order valence-electron chi connectivity index (χ2n) is 6.27. The second kappa shape index (κ2) is 9.11. The molecule has 0 spiro atoms. The Balaban J connectivity index is 1.74. The van der Waals surface area contributed by atoms with Crippen LogP contribution < -0.4 is 16.0 Å². The van der Waals surface area contributed by atoms with Crippen LogP contribution in [0.4, 0.5) is 11.4 Å². The standard InChI is InChI=1S/C19H27N3O2/c1-14(19(24)20-13-12-16-6-4-3-5-7-16)21-17-8-10-18(11-9-17)22-15(2)23/h6,8-11,14,21H,3-5,7,12-13H2,1-2H3,(H,20,24)(H,22,23)/t14-/m1/s1. The van der Waals surface area contributed by atoms with Crippen molar-refractivity contribution in [3.63, 3.8) is 0 Å². The highest BCUT2D eigenvalue weighted by molar-refractivity contribution is 5.89. The first-order valence-electron chi connectivity index (χ1n) is 8.64. The molecule has 1 atom stereocenters. The molecule has 1 aliphatic rings. The molecule has 1 aliphatic carbocycles. The van der Waals surface area contributed by atoms with E-state index in [-0.39, 0.29) is 17.9 Å². The lowest BCUT2D eigenvalue weighted by Gasteiger charge is -2.17. The predicted octanol–water partition coefficient (Wildman–Crippen LogP) is 3.45. The van der Waals surface area contributed by atoms with Crippen LogP contribution in [0.5, 0.6) is 0 Å². The van der Waals surface area contributed by atoms with E-state index in [0.29, 0.717) is 6.54 Å². The Bertz CT molecular complexity index is 593. The van der Waals surface area contributed by atoms with Crippen LogP contribution in [-0.2, 0) is 9.59 Å². The summed E-state index contributed by atoms with van der Waals surface area (Å²) in [5.41, 5.74) is 3.06. The Morgan fingerprint density at radius 3 is 2.46 bits per heavy atom. The van der Waals surface area contributed by atoms with E-state index in [2.05, 4.69) is 22.0 Å². The number of carbonyl (C=O) groups is 2. The molecule has 2 amide bonds. The molecule has 0 radical (unpaired) electrons. The summed E-state index contributed by atoms with van der Waals surface area (Å²) in [5, 5.41) is 8.88. The van der Waals surface area contributed by atoms with E-state index >= 15 is 0 Å². The van der Waals surface area contributed by atoms with Crippen LogP contribution in [0.1, 0.15) is 46.0 Å². The first-order valence-corrected chi connectivity index (χ1v) is 8.64. The van der Waals surface area contributed by atoms with Gasteiger partial charge in [-0.25, -0.2) is 0 Å². The van der Waals surface area contributed by atoms with E-state index in [1.54, 1.807) is 0 Å². The van der Waals surface area contributed by atoms with Gasteiger partial charge in [-0.05, 0) is 63.3 Å². The summed E-state index contributed by atoms with van der Waals surface area (Å²) in [7, 11) is 0. The highest BCUT2D eigenvalue weighted by Crippen LogP contribution is 2.19. The zero-order chi connectivity index (χ0) is 17.4. The number of allylic oxidation sites excluding steroid dienone is 1. The summed E-state index contributed by atoms with van der Waals surface area (Å²) >= 11 is 0. The summed E-state index contributed by atoms with van der Waals surface area (Å²) in [5.74, 6) is -0.103. The molecule has 1 aromatic carbocycles. The number of carbonyl (C=O) groups excluding carboxylic acids is 2. The van der Waals surface area contributed by atoms with Crippen molar-refractivity contribution in [1.82, 2.24) is 5.32 Å². The predicted molar refractivity (Wildman–Crippen MR) is 98.0 cm³/mol. The van der Waals surface area contributed by atoms with Gasteiger partial charge in [-0.15, -0.1) is 0 Å². The zero-order valence-electron chi connectivity index (χ0n) is 14.5. The lowest BCUT2D eigenvalue weighted by atomic mass is 9.97. The zero-order valence-corrected chi connectivity index (χ0v) is 14.5. The molecule has 5 heteroatoms. The minimum Gasteiger partial charge on any atom is -0.374 e. The minimum atomic E-state index is -0.308. The van der Waals surface area contributed by atoms with Crippen molar-refractivity contribution in [1.29, 1.82) is 0 Å². The van der Waals surface area contributed by atoms with Crippen LogP contribution in [0.15, 0.2) is 35.9 Å². The van der Waals surface area contributed by atoms with Gasteiger partial charge >= 0.3 is 0 Å². The molecule has 0 saturated carbocycles. The SMILES string of the molecule is CC(=O)Nc1ccc(N[C@H](C)C(=O)NCCC2=CCCCC2)cc1. The molecule has 0 aliphatic heterocycles. The molecule has 24 heavy (non-hydrogen) atoms. The summed E-state index contributed by atoms with van der Waals surface area (Å²) in [6, 6.07) is 7.01. The Labute approximate surface area is 143 Å². The van der Waals surface area contributed by atoms with Gasteiger partial charge in [0.05, 0.1) is 0 Å². The highest BCUT2D eigenvalue weighted by atomic mass is 16.2. The maximum Gasteiger partial charge on any atom is 0.242 e. The number of benzene rings is 1. The Hall–Kier alpha value is -2.30. The molecule has 0 aromatic heterocycles. The van der Waals surface area contributed by atoms with E-state index in [1.807, 2.05) is 31.2 Å². The van der Waals surface area contributed by atoms with Crippen LogP contribution in [0.2, 0.25) is 0 Å². The smallest absolute Gasteiger partial charge is 0.242 e. The Morgan fingerprint density at radius 1 is 1.12 bits per heavy atom. The molecule has 0 bridgehead atoms. The summed E-state index contributed by atoms with van der Waals surface area (Å²) < 4.78 is 0. The third kappa shape index (κ3) is 6.07. The molecule has 0 fully saturated rings. The van der Waals surface area contributed by atoms with Crippen LogP contribution in [0, 0.1) is 0 Å². The minimum absolute atomic E-state index is 0.00246. The number of anilines is 2. The van der Waals surface area contributed by atoms with E-state index < -0.39 is 0 Å². The summed E-state index contributed by atoms with van der Waals surface area (Å²) in [6.45, 7) is 4.01. The normalized spacial score (nSPS) is 15.2. The Morgan fingerprint density at radius 2 is 1.83 bits per heavy atom. The van der Waals surface area contributed by atoms with Crippen molar-refractivity contribution in [3.8, 4) is 0 Å². The van der Waals surface area contributed by atoms with Gasteiger partial charge in [0, 0.05) is 24.8 Å². The van der Waals surface area contributed by atoms with Crippen molar-refractivity contribution in [2.24, 2.45) is 0 Å². The van der Waals surface area contributed by atoms with Gasteiger partial charge < -0.3 is 16.0 Å². The van der Waals surface area contributed by atoms with Crippen LogP contribution in [-0.4, -0.2) is 24.4 Å². The maximum absolute atomic E-state index is 12.2. The second-order valence-corrected chi connectivity index (χ2v) is 6.27. The maximum atomic E-state index is 12.2. The van der Waals surface area contributed by atoms with Crippen molar-refractivity contribution >= 4 is 23.2 Å². The fourth-order valence-corrected chi connectivity index (χ4v) is 2.80. The van der Waals surface area contributed by atoms with Gasteiger partial charge in [0.2, 0.25) is 11.8 Å². The van der Waals surface area contributed by atoms with Crippen molar-refractivity contribution in [2.45, 2.75) is 52.0 Å². The van der Waals surface area contributed by atoms with E-state index in [0.717, 1.165) is 17.8 Å². The average Bonchev–Trinajstić information content (AvgIpc) is 2.57. The molecular weight excluding hydrogens is 302 g/mol. The number of amides is 2. The average molecular weight is 329 g/mol. The first-order chi connectivity index (χ1) is 11.5. The van der Waals surface area contributed by atoms with Gasteiger partial charge in [0.25, 0.3) is 0 Å². The van der Waals surface area contributed by atoms with Crippen LogP contribution in [0.25, 0.3) is 0 Å². The molecule has 3 N–H and O–H groups in total. The lowest BCUT2D eigenvalue weighted by molar-refractivity contribution is -0.121. The monoisotopic (exact) mass is 329 g/mol. The molecular formula is C19H27N3O2. The quantitative estimate of drug-likeness (QED) is 0.671.